The van der Waals surface area contributed by atoms with Crippen molar-refractivity contribution >= 4 is 11.9 Å². The van der Waals surface area contributed by atoms with Crippen molar-refractivity contribution in [2.24, 2.45) is 17.8 Å². The van der Waals surface area contributed by atoms with E-state index in [0.29, 0.717) is 37.6 Å². The number of hydrogen-bond acceptors (Lipinski definition) is 4. The lowest BCUT2D eigenvalue weighted by molar-refractivity contribution is -0.142. The van der Waals surface area contributed by atoms with E-state index in [2.05, 4.69) is 24.1 Å². The van der Waals surface area contributed by atoms with Crippen LogP contribution in [-0.2, 0) is 22.4 Å². The van der Waals surface area contributed by atoms with Gasteiger partial charge in [-0.15, -0.1) is 0 Å². The number of benzene rings is 3. The first kappa shape index (κ1) is 28.4. The molecule has 1 heterocycles. The van der Waals surface area contributed by atoms with Gasteiger partial charge >= 0.3 is 5.97 Å². The molecule has 1 amide bonds. The first-order chi connectivity index (χ1) is 18.8. The minimum atomic E-state index is -1.02. The molecule has 3 aromatic carbocycles. The Hall–Kier alpha value is -3.64. The van der Waals surface area contributed by atoms with Crippen molar-refractivity contribution in [3.8, 4) is 5.75 Å². The molecule has 0 radical (unpaired) electrons. The Morgan fingerprint density at radius 1 is 0.949 bits per heavy atom. The van der Waals surface area contributed by atoms with Gasteiger partial charge in [-0.3, -0.25) is 9.69 Å². The fourth-order valence-corrected chi connectivity index (χ4v) is 5.77. The maximum atomic E-state index is 13.7. The monoisotopic (exact) mass is 528 g/mol. The largest absolute Gasteiger partial charge is 0.508 e. The molecule has 6 heteroatoms. The Labute approximate surface area is 231 Å². The quantitative estimate of drug-likeness (QED) is 0.307. The molecule has 0 bridgehead atoms. The summed E-state index contributed by atoms with van der Waals surface area (Å²) >= 11 is 0. The standard InChI is InChI=1S/C33H40N2O4/c1-23-18-19-35(31(24(23)2)27-14-9-15-29(36)21-27)22-28(20-26-12-7-4-8-13-26)32(37)34-30(33(38)39)17-16-25-10-5-3-6-11-25/h3-15,21,23-24,28,30-31,36H,16-20,22H2,1-2H3,(H,34,37)(H,38,39)/t23-,24-,28+,30+,31?/m1/s1. The van der Waals surface area contributed by atoms with Crippen LogP contribution < -0.4 is 5.32 Å². The van der Waals surface area contributed by atoms with E-state index in [-0.39, 0.29) is 17.7 Å². The predicted molar refractivity (Wildman–Crippen MR) is 153 cm³/mol. The zero-order valence-electron chi connectivity index (χ0n) is 22.9. The molecule has 0 spiro atoms. The van der Waals surface area contributed by atoms with Crippen molar-refractivity contribution in [1.29, 1.82) is 0 Å². The SMILES string of the molecule is C[C@@H]1CCN(C[C@H](Cc2ccccc2)C(=O)N[C@@H](CCc2ccccc2)C(=O)O)C(c2cccc(O)c2)[C@@H]1C. The van der Waals surface area contributed by atoms with Crippen molar-refractivity contribution < 1.29 is 19.8 Å². The molecule has 0 aliphatic carbocycles. The third-order valence-corrected chi connectivity index (χ3v) is 8.20. The lowest BCUT2D eigenvalue weighted by Crippen LogP contribution is -2.49. The van der Waals surface area contributed by atoms with E-state index >= 15 is 0 Å². The lowest BCUT2D eigenvalue weighted by atomic mass is 9.78. The van der Waals surface area contributed by atoms with Gasteiger partial charge in [-0.05, 0) is 72.9 Å². The van der Waals surface area contributed by atoms with Crippen LogP contribution in [0.5, 0.6) is 5.75 Å². The Balaban J connectivity index is 1.55. The van der Waals surface area contributed by atoms with Crippen molar-refractivity contribution in [3.63, 3.8) is 0 Å². The second kappa shape index (κ2) is 13.4. The highest BCUT2D eigenvalue weighted by Gasteiger charge is 2.37. The Morgan fingerprint density at radius 3 is 2.26 bits per heavy atom. The highest BCUT2D eigenvalue weighted by Crippen LogP contribution is 2.40. The summed E-state index contributed by atoms with van der Waals surface area (Å²) in [6, 6.07) is 26.2. The maximum Gasteiger partial charge on any atom is 0.326 e. The smallest absolute Gasteiger partial charge is 0.326 e. The predicted octanol–water partition coefficient (Wildman–Crippen LogP) is 5.47. The van der Waals surface area contributed by atoms with Gasteiger partial charge < -0.3 is 15.5 Å². The zero-order valence-corrected chi connectivity index (χ0v) is 22.9. The Kier molecular flexibility index (Phi) is 9.77. The number of rotatable bonds is 11. The van der Waals surface area contributed by atoms with E-state index in [1.807, 2.05) is 78.9 Å². The summed E-state index contributed by atoms with van der Waals surface area (Å²) in [5.41, 5.74) is 3.13. The van der Waals surface area contributed by atoms with E-state index in [4.69, 9.17) is 0 Å². The van der Waals surface area contributed by atoms with E-state index in [9.17, 15) is 19.8 Å². The normalized spacial score (nSPS) is 21.1. The first-order valence-electron chi connectivity index (χ1n) is 14.0. The second-order valence-corrected chi connectivity index (χ2v) is 11.0. The molecule has 39 heavy (non-hydrogen) atoms. The number of carbonyl (C=O) groups excluding carboxylic acids is 1. The maximum absolute atomic E-state index is 13.7. The first-order valence-corrected chi connectivity index (χ1v) is 14.0. The summed E-state index contributed by atoms with van der Waals surface area (Å²) in [7, 11) is 0. The van der Waals surface area contributed by atoms with Crippen molar-refractivity contribution in [2.75, 3.05) is 13.1 Å². The van der Waals surface area contributed by atoms with Crippen LogP contribution in [0, 0.1) is 17.8 Å². The van der Waals surface area contributed by atoms with Crippen LogP contribution in [0.25, 0.3) is 0 Å². The number of phenolic OH excluding ortho intramolecular Hbond substituents is 1. The Bertz CT molecular complexity index is 1220. The third-order valence-electron chi connectivity index (χ3n) is 8.20. The zero-order chi connectivity index (χ0) is 27.8. The van der Waals surface area contributed by atoms with Gasteiger partial charge in [-0.25, -0.2) is 4.79 Å². The van der Waals surface area contributed by atoms with Gasteiger partial charge in [0.1, 0.15) is 11.8 Å². The number of amides is 1. The molecule has 5 atom stereocenters. The van der Waals surface area contributed by atoms with Gasteiger partial charge in [-0.2, -0.15) is 0 Å². The number of likely N-dealkylation sites (tertiary alicyclic amines) is 1. The van der Waals surface area contributed by atoms with Gasteiger partial charge in [0.15, 0.2) is 0 Å². The van der Waals surface area contributed by atoms with Crippen LogP contribution in [0.2, 0.25) is 0 Å². The van der Waals surface area contributed by atoms with Crippen molar-refractivity contribution in [2.45, 2.75) is 51.6 Å². The van der Waals surface area contributed by atoms with Gasteiger partial charge in [-0.1, -0.05) is 86.6 Å². The Morgan fingerprint density at radius 2 is 1.62 bits per heavy atom. The fourth-order valence-electron chi connectivity index (χ4n) is 5.77. The highest BCUT2D eigenvalue weighted by molar-refractivity contribution is 5.85. The number of nitrogens with one attached hydrogen (secondary N) is 1. The molecular weight excluding hydrogens is 488 g/mol. The number of hydrogen-bond donors (Lipinski definition) is 3. The van der Waals surface area contributed by atoms with E-state index < -0.39 is 17.9 Å². The van der Waals surface area contributed by atoms with Crippen LogP contribution in [-0.4, -0.2) is 46.1 Å². The molecule has 206 valence electrons. The van der Waals surface area contributed by atoms with Gasteiger partial charge in [0.25, 0.3) is 0 Å². The molecule has 0 saturated carbocycles. The van der Waals surface area contributed by atoms with Crippen molar-refractivity contribution in [3.05, 3.63) is 102 Å². The second-order valence-electron chi connectivity index (χ2n) is 11.0. The molecule has 1 aliphatic rings. The minimum Gasteiger partial charge on any atom is -0.508 e. The molecule has 6 nitrogen and oxygen atoms in total. The molecule has 1 saturated heterocycles. The summed E-state index contributed by atoms with van der Waals surface area (Å²) in [6.45, 7) is 5.84. The van der Waals surface area contributed by atoms with Gasteiger partial charge in [0, 0.05) is 12.6 Å². The number of aryl methyl sites for hydroxylation is 1. The number of carbonyl (C=O) groups is 2. The number of nitrogens with zero attached hydrogens (tertiary/aromatic N) is 1. The van der Waals surface area contributed by atoms with E-state index in [1.54, 1.807) is 6.07 Å². The van der Waals surface area contributed by atoms with E-state index in [1.165, 1.54) is 0 Å². The van der Waals surface area contributed by atoms with Crippen LogP contribution in [0.15, 0.2) is 84.9 Å². The number of carboxylic acid groups (broad SMARTS) is 1. The van der Waals surface area contributed by atoms with Crippen LogP contribution in [0.1, 0.15) is 49.4 Å². The summed E-state index contributed by atoms with van der Waals surface area (Å²) < 4.78 is 0. The van der Waals surface area contributed by atoms with Crippen LogP contribution >= 0.6 is 0 Å². The molecule has 3 N–H and O–H groups in total. The number of phenols is 1. The number of piperidine rings is 1. The van der Waals surface area contributed by atoms with Crippen LogP contribution in [0.4, 0.5) is 0 Å². The van der Waals surface area contributed by atoms with E-state index in [0.717, 1.165) is 29.7 Å². The average Bonchev–Trinajstić information content (AvgIpc) is 2.93. The molecule has 1 unspecified atom stereocenters. The van der Waals surface area contributed by atoms with Gasteiger partial charge in [0.05, 0.1) is 5.92 Å². The highest BCUT2D eigenvalue weighted by atomic mass is 16.4. The minimum absolute atomic E-state index is 0.0558. The number of aliphatic carboxylic acids is 1. The number of aromatic hydroxyl groups is 1. The lowest BCUT2D eigenvalue weighted by Gasteiger charge is -2.45. The fraction of sp³-hybridized carbons (Fsp3) is 0.394. The molecular formula is C33H40N2O4. The molecule has 4 rings (SSSR count). The molecule has 1 aliphatic heterocycles. The third kappa shape index (κ3) is 7.70. The van der Waals surface area contributed by atoms with Crippen molar-refractivity contribution in [1.82, 2.24) is 10.2 Å². The van der Waals surface area contributed by atoms with Crippen LogP contribution in [0.3, 0.4) is 0 Å². The molecule has 1 fully saturated rings. The topological polar surface area (TPSA) is 89.9 Å². The molecule has 3 aromatic rings. The average molecular weight is 529 g/mol. The molecule has 0 aromatic heterocycles. The summed E-state index contributed by atoms with van der Waals surface area (Å²) in [5, 5.41) is 23.0. The summed E-state index contributed by atoms with van der Waals surface area (Å²) in [5.74, 6) is -0.607. The number of carboxylic acids is 1. The summed E-state index contributed by atoms with van der Waals surface area (Å²) in [4.78, 5) is 28.2. The summed E-state index contributed by atoms with van der Waals surface area (Å²) in [6.07, 6.45) is 2.44. The van der Waals surface area contributed by atoms with Gasteiger partial charge in [0.2, 0.25) is 5.91 Å².